The van der Waals surface area contributed by atoms with Crippen molar-refractivity contribution in [1.82, 2.24) is 0 Å². The molecule has 46 heavy (non-hydrogen) atoms. The average Bonchev–Trinajstić information content (AvgIpc) is 3.06. The molecule has 7 N–H and O–H groups in total. The Morgan fingerprint density at radius 1 is 0.826 bits per heavy atom. The van der Waals surface area contributed by atoms with Gasteiger partial charge in [-0.2, -0.15) is 0 Å². The summed E-state index contributed by atoms with van der Waals surface area (Å²) in [5.41, 5.74) is 7.53. The van der Waals surface area contributed by atoms with Crippen molar-refractivity contribution in [2.45, 2.75) is 171 Å². The maximum atomic E-state index is 12.8. The monoisotopic (exact) mass is 653 g/mol. The highest BCUT2D eigenvalue weighted by Gasteiger charge is 2.44. The van der Waals surface area contributed by atoms with Gasteiger partial charge in [-0.3, -0.25) is 4.79 Å². The number of carbonyl (C=O) groups is 1. The molecule has 1 aromatic rings. The van der Waals surface area contributed by atoms with Crippen molar-refractivity contribution in [3.8, 4) is 0 Å². The number of hydrogen-bond acceptors (Lipinski definition) is 10. The lowest BCUT2D eigenvalue weighted by Crippen LogP contribution is -2.60. The number of esters is 1. The number of ether oxygens (including phenoxy) is 3. The molecule has 0 amide bonds. The van der Waals surface area contributed by atoms with E-state index in [-0.39, 0.29) is 19.0 Å². The molecule has 1 saturated heterocycles. The average molecular weight is 654 g/mol. The van der Waals surface area contributed by atoms with E-state index in [4.69, 9.17) is 19.9 Å². The minimum atomic E-state index is -1.58. The largest absolute Gasteiger partial charge is 0.460 e. The Balaban J connectivity index is 1.79. The lowest BCUT2D eigenvalue weighted by Gasteiger charge is -2.40. The summed E-state index contributed by atoms with van der Waals surface area (Å²) in [5.74, 6) is -0.371. The van der Waals surface area contributed by atoms with Gasteiger partial charge in [0, 0.05) is 6.42 Å². The number of rotatable bonds is 26. The maximum absolute atomic E-state index is 12.8. The van der Waals surface area contributed by atoms with E-state index in [2.05, 4.69) is 19.1 Å². The summed E-state index contributed by atoms with van der Waals surface area (Å²) < 4.78 is 16.7. The molecule has 1 aliphatic rings. The van der Waals surface area contributed by atoms with Gasteiger partial charge in [0.25, 0.3) is 0 Å². The first-order chi connectivity index (χ1) is 22.3. The van der Waals surface area contributed by atoms with Crippen molar-refractivity contribution in [2.75, 3.05) is 13.2 Å². The normalized spacial score (nSPS) is 23.6. The number of aryl methyl sites for hydroxylation is 1. The molecule has 0 aromatic heterocycles. The van der Waals surface area contributed by atoms with Crippen molar-refractivity contribution in [3.63, 3.8) is 0 Å². The third-order valence-electron chi connectivity index (χ3n) is 8.94. The van der Waals surface area contributed by atoms with Crippen molar-refractivity contribution < 1.29 is 44.5 Å². The molecule has 1 fully saturated rings. The van der Waals surface area contributed by atoms with E-state index in [0.29, 0.717) is 12.8 Å². The highest BCUT2D eigenvalue weighted by Crippen LogP contribution is 2.23. The number of carbonyl (C=O) groups excluding carboxylic acids is 1. The van der Waals surface area contributed by atoms with Crippen LogP contribution >= 0.6 is 0 Å². The first kappa shape index (κ1) is 40.5. The van der Waals surface area contributed by atoms with Crippen LogP contribution in [0.1, 0.15) is 122 Å². The van der Waals surface area contributed by atoms with Gasteiger partial charge in [0.1, 0.15) is 36.6 Å². The van der Waals surface area contributed by atoms with E-state index in [1.807, 2.05) is 18.2 Å². The minimum Gasteiger partial charge on any atom is -0.460 e. The van der Waals surface area contributed by atoms with Crippen LogP contribution in [-0.2, 0) is 25.4 Å². The molecule has 0 radical (unpaired) electrons. The molecule has 10 nitrogen and oxygen atoms in total. The zero-order chi connectivity index (χ0) is 33.6. The standard InChI is InChI=1S/C36H63NO9/c1-2-3-4-5-6-7-8-9-10-11-12-18-23-29(45-31(39)24-19-14-17-22-27-20-15-13-16-21-27)32(40)28(37)26-44-36-35(43)34(42)33(41)30(25-38)46-36/h13,15-16,20-21,28-30,32-36,38,40-43H,2-12,14,17-19,22-26,37H2,1H3/t28-,29+,30?,32-,33-,34-,35?,36-/m0/s1. The van der Waals surface area contributed by atoms with Crippen LogP contribution in [0.15, 0.2) is 30.3 Å². The highest BCUT2D eigenvalue weighted by molar-refractivity contribution is 5.69. The van der Waals surface area contributed by atoms with E-state index in [9.17, 15) is 30.3 Å². The van der Waals surface area contributed by atoms with Gasteiger partial charge in [-0.15, -0.1) is 0 Å². The molecule has 10 heteroatoms. The molecule has 1 aromatic carbocycles. The lowest BCUT2D eigenvalue weighted by atomic mass is 9.98. The van der Waals surface area contributed by atoms with Gasteiger partial charge in [-0.25, -0.2) is 0 Å². The zero-order valence-corrected chi connectivity index (χ0v) is 28.1. The predicted octanol–water partition coefficient (Wildman–Crippen LogP) is 4.30. The first-order valence-electron chi connectivity index (χ1n) is 17.9. The number of aliphatic hydroxyl groups is 5. The summed E-state index contributed by atoms with van der Waals surface area (Å²) >= 11 is 0. The fourth-order valence-corrected chi connectivity index (χ4v) is 5.92. The molecular weight excluding hydrogens is 590 g/mol. The Labute approximate surface area is 276 Å². The third kappa shape index (κ3) is 16.0. The maximum Gasteiger partial charge on any atom is 0.306 e. The smallest absolute Gasteiger partial charge is 0.306 e. The van der Waals surface area contributed by atoms with E-state index >= 15 is 0 Å². The first-order valence-corrected chi connectivity index (χ1v) is 17.9. The third-order valence-corrected chi connectivity index (χ3v) is 8.94. The van der Waals surface area contributed by atoms with Crippen LogP contribution in [0, 0.1) is 0 Å². The van der Waals surface area contributed by atoms with E-state index in [0.717, 1.165) is 44.9 Å². The number of aliphatic hydroxyl groups excluding tert-OH is 5. The topological polar surface area (TPSA) is 172 Å². The minimum absolute atomic E-state index is 0.257. The Hall–Kier alpha value is -1.63. The van der Waals surface area contributed by atoms with E-state index in [1.165, 1.54) is 56.9 Å². The molecule has 0 aliphatic carbocycles. The summed E-state index contributed by atoms with van der Waals surface area (Å²) in [7, 11) is 0. The van der Waals surface area contributed by atoms with E-state index < -0.39 is 55.6 Å². The number of hydrogen-bond donors (Lipinski definition) is 6. The lowest BCUT2D eigenvalue weighted by molar-refractivity contribution is -0.302. The Kier molecular flexibility index (Phi) is 21.6. The van der Waals surface area contributed by atoms with Gasteiger partial charge in [-0.1, -0.05) is 114 Å². The van der Waals surface area contributed by atoms with Gasteiger partial charge < -0.3 is 45.5 Å². The highest BCUT2D eigenvalue weighted by atomic mass is 16.7. The van der Waals surface area contributed by atoms with Crippen LogP contribution < -0.4 is 5.73 Å². The van der Waals surface area contributed by atoms with E-state index in [1.54, 1.807) is 0 Å². The Morgan fingerprint density at radius 2 is 1.41 bits per heavy atom. The molecule has 0 spiro atoms. The summed E-state index contributed by atoms with van der Waals surface area (Å²) in [5, 5.41) is 50.8. The van der Waals surface area contributed by atoms with Crippen molar-refractivity contribution in [1.29, 1.82) is 0 Å². The van der Waals surface area contributed by atoms with Gasteiger partial charge >= 0.3 is 5.97 Å². The fourth-order valence-electron chi connectivity index (χ4n) is 5.92. The molecule has 1 aliphatic heterocycles. The van der Waals surface area contributed by atoms with Crippen LogP contribution in [0.25, 0.3) is 0 Å². The Bertz CT molecular complexity index is 889. The molecule has 1 heterocycles. The Morgan fingerprint density at radius 3 is 2.02 bits per heavy atom. The molecule has 0 saturated carbocycles. The van der Waals surface area contributed by atoms with Crippen molar-refractivity contribution in [2.24, 2.45) is 5.73 Å². The summed E-state index contributed by atoms with van der Waals surface area (Å²) in [6.07, 6.45) is 9.44. The van der Waals surface area contributed by atoms with Crippen LogP contribution in [0.4, 0.5) is 0 Å². The van der Waals surface area contributed by atoms with Gasteiger partial charge in [0.15, 0.2) is 6.29 Å². The molecule has 8 atom stereocenters. The summed E-state index contributed by atoms with van der Waals surface area (Å²) in [6.45, 7) is 1.39. The second kappa shape index (κ2) is 24.5. The van der Waals surface area contributed by atoms with Gasteiger partial charge in [0.05, 0.1) is 19.3 Å². The summed E-state index contributed by atoms with van der Waals surface area (Å²) in [4.78, 5) is 12.8. The van der Waals surface area contributed by atoms with Crippen LogP contribution in [0.2, 0.25) is 0 Å². The second-order valence-corrected chi connectivity index (χ2v) is 12.9. The number of nitrogens with two attached hydrogens (primary N) is 1. The molecule has 2 unspecified atom stereocenters. The molecule has 2 rings (SSSR count). The number of benzene rings is 1. The zero-order valence-electron chi connectivity index (χ0n) is 28.1. The van der Waals surface area contributed by atoms with Gasteiger partial charge in [-0.05, 0) is 37.7 Å². The molecule has 266 valence electrons. The predicted molar refractivity (Wildman–Crippen MR) is 178 cm³/mol. The number of unbranched alkanes of at least 4 members (excludes halogenated alkanes) is 13. The fraction of sp³-hybridized carbons (Fsp3) is 0.806. The van der Waals surface area contributed by atoms with Crippen molar-refractivity contribution >= 4 is 5.97 Å². The van der Waals surface area contributed by atoms with Crippen molar-refractivity contribution in [3.05, 3.63) is 35.9 Å². The quantitative estimate of drug-likeness (QED) is 0.0626. The molecular formula is C36H63NO9. The van der Waals surface area contributed by atoms with Crippen LogP contribution in [-0.4, -0.2) is 93.7 Å². The molecule has 0 bridgehead atoms. The SMILES string of the molecule is CCCCCCCCCCCCCC[C@@H](OC(=O)CCCCCc1ccccc1)[C@@H](O)[C@@H](N)CO[C@H]1OC(CO)[C@H](O)[C@H](O)C1O. The second-order valence-electron chi connectivity index (χ2n) is 12.9. The van der Waals surface area contributed by atoms with Gasteiger partial charge in [0.2, 0.25) is 0 Å². The summed E-state index contributed by atoms with van der Waals surface area (Å²) in [6, 6.07) is 9.26. The van der Waals surface area contributed by atoms with Crippen LogP contribution in [0.5, 0.6) is 0 Å². The van der Waals surface area contributed by atoms with Crippen LogP contribution in [0.3, 0.4) is 0 Å².